The molecule has 2 rings (SSSR count). The average Bonchev–Trinajstić information content (AvgIpc) is 2.44. The topological polar surface area (TPSA) is 81.9 Å². The minimum atomic E-state index is -0.283. The van der Waals surface area contributed by atoms with E-state index in [0.717, 1.165) is 5.56 Å². The summed E-state index contributed by atoms with van der Waals surface area (Å²) in [6.07, 6.45) is 1.51. The monoisotopic (exact) mass is 318 g/mol. The first kappa shape index (κ1) is 15.9. The van der Waals surface area contributed by atoms with E-state index in [-0.39, 0.29) is 23.8 Å². The molecule has 3 N–H and O–H groups in total. The van der Waals surface area contributed by atoms with Crippen LogP contribution in [0.5, 0.6) is 11.5 Å². The number of aromatic hydroxyl groups is 2. The van der Waals surface area contributed by atoms with Crippen molar-refractivity contribution in [1.29, 1.82) is 0 Å². The number of aryl methyl sites for hydroxylation is 1. The highest BCUT2D eigenvalue weighted by Gasteiger charge is 2.06. The molecule has 0 heterocycles. The van der Waals surface area contributed by atoms with Crippen molar-refractivity contribution in [1.82, 2.24) is 5.43 Å². The molecule has 0 saturated heterocycles. The number of hydrogen-bond donors (Lipinski definition) is 3. The van der Waals surface area contributed by atoms with Gasteiger partial charge in [0.2, 0.25) is 5.91 Å². The van der Waals surface area contributed by atoms with Gasteiger partial charge in [0.05, 0.1) is 12.6 Å². The van der Waals surface area contributed by atoms with Gasteiger partial charge in [-0.2, -0.15) is 5.10 Å². The van der Waals surface area contributed by atoms with E-state index in [1.54, 1.807) is 31.2 Å². The molecule has 6 heteroatoms. The lowest BCUT2D eigenvalue weighted by atomic mass is 10.1. The first-order chi connectivity index (χ1) is 10.5. The number of hydrazone groups is 1. The summed E-state index contributed by atoms with van der Waals surface area (Å²) in [7, 11) is 0. The molecule has 1 amide bonds. The molecule has 0 aromatic heterocycles. The molecule has 0 saturated carbocycles. The molecule has 0 radical (unpaired) electrons. The molecule has 5 nitrogen and oxygen atoms in total. The molecule has 0 aliphatic carbocycles. The van der Waals surface area contributed by atoms with E-state index in [1.165, 1.54) is 18.3 Å². The van der Waals surface area contributed by atoms with E-state index in [2.05, 4.69) is 10.5 Å². The number of carbonyl (C=O) groups excluding carboxylic acids is 1. The number of amides is 1. The normalized spacial score (nSPS) is 10.8. The Morgan fingerprint density at radius 2 is 1.95 bits per heavy atom. The summed E-state index contributed by atoms with van der Waals surface area (Å²) in [5, 5.41) is 23.5. The van der Waals surface area contributed by atoms with Crippen LogP contribution < -0.4 is 5.43 Å². The fourth-order valence-electron chi connectivity index (χ4n) is 1.93. The maximum Gasteiger partial charge on any atom is 0.244 e. The number of halogens is 1. The molecule has 0 bridgehead atoms. The lowest BCUT2D eigenvalue weighted by Gasteiger charge is -2.04. The highest BCUT2D eigenvalue weighted by atomic mass is 35.5. The number of nitrogens with one attached hydrogen (secondary N) is 1. The summed E-state index contributed by atoms with van der Waals surface area (Å²) in [4.78, 5) is 11.8. The van der Waals surface area contributed by atoms with Gasteiger partial charge in [-0.1, -0.05) is 23.7 Å². The van der Waals surface area contributed by atoms with Crippen LogP contribution in [0.4, 0.5) is 0 Å². The minimum absolute atomic E-state index is 0.0288. The number of nitrogens with zero attached hydrogens (tertiary/aromatic N) is 1. The summed E-state index contributed by atoms with van der Waals surface area (Å²) < 4.78 is 0. The highest BCUT2D eigenvalue weighted by molar-refractivity contribution is 6.30. The van der Waals surface area contributed by atoms with Crippen molar-refractivity contribution in [3.63, 3.8) is 0 Å². The van der Waals surface area contributed by atoms with Crippen molar-refractivity contribution >= 4 is 23.7 Å². The van der Waals surface area contributed by atoms with Crippen LogP contribution in [0.3, 0.4) is 0 Å². The van der Waals surface area contributed by atoms with Gasteiger partial charge in [0.1, 0.15) is 11.5 Å². The number of hydrogen-bond acceptors (Lipinski definition) is 4. The van der Waals surface area contributed by atoms with Crippen molar-refractivity contribution in [3.05, 3.63) is 58.1 Å². The Kier molecular flexibility index (Phi) is 5.01. The predicted octanol–water partition coefficient (Wildman–Crippen LogP) is 2.75. The minimum Gasteiger partial charge on any atom is -0.508 e. The summed E-state index contributed by atoms with van der Waals surface area (Å²) in [5.41, 5.74) is 4.29. The number of carbonyl (C=O) groups is 1. The van der Waals surface area contributed by atoms with Crippen molar-refractivity contribution < 1.29 is 15.0 Å². The number of phenolic OH excluding ortho intramolecular Hbond substituents is 2. The van der Waals surface area contributed by atoms with E-state index in [9.17, 15) is 15.0 Å². The van der Waals surface area contributed by atoms with E-state index < -0.39 is 0 Å². The third-order valence-corrected chi connectivity index (χ3v) is 3.26. The molecule has 0 aliphatic heterocycles. The Morgan fingerprint density at radius 1 is 1.27 bits per heavy atom. The molecule has 0 unspecified atom stereocenters. The second-order valence-corrected chi connectivity index (χ2v) is 5.23. The van der Waals surface area contributed by atoms with Gasteiger partial charge in [-0.05, 0) is 36.2 Å². The first-order valence-corrected chi connectivity index (χ1v) is 6.92. The summed E-state index contributed by atoms with van der Waals surface area (Å²) >= 11 is 5.77. The maximum atomic E-state index is 11.8. The highest BCUT2D eigenvalue weighted by Crippen LogP contribution is 2.24. The Morgan fingerprint density at radius 3 is 2.59 bits per heavy atom. The van der Waals surface area contributed by atoms with Gasteiger partial charge in [-0.3, -0.25) is 4.79 Å². The van der Waals surface area contributed by atoms with Crippen molar-refractivity contribution in [2.75, 3.05) is 0 Å². The van der Waals surface area contributed by atoms with Gasteiger partial charge in [-0.25, -0.2) is 5.43 Å². The Labute approximate surface area is 132 Å². The van der Waals surface area contributed by atoms with Gasteiger partial charge < -0.3 is 10.2 Å². The van der Waals surface area contributed by atoms with E-state index in [0.29, 0.717) is 16.1 Å². The second-order valence-electron chi connectivity index (χ2n) is 4.79. The average molecular weight is 319 g/mol. The van der Waals surface area contributed by atoms with Crippen LogP contribution in [0.2, 0.25) is 5.02 Å². The summed E-state index contributed by atoms with van der Waals surface area (Å²) in [6.45, 7) is 1.72. The number of benzene rings is 2. The third kappa shape index (κ3) is 4.23. The van der Waals surface area contributed by atoms with E-state index >= 15 is 0 Å². The fourth-order valence-corrected chi connectivity index (χ4v) is 2.05. The lowest BCUT2D eigenvalue weighted by molar-refractivity contribution is -0.120. The molecule has 0 fully saturated rings. The molecule has 0 spiro atoms. The van der Waals surface area contributed by atoms with Crippen LogP contribution in [0.25, 0.3) is 0 Å². The molecular formula is C16H15ClN2O3. The first-order valence-electron chi connectivity index (χ1n) is 6.54. The van der Waals surface area contributed by atoms with Crippen LogP contribution in [-0.2, 0) is 11.2 Å². The Balaban J connectivity index is 1.97. The molecule has 0 aliphatic rings. The van der Waals surface area contributed by atoms with Crippen molar-refractivity contribution in [3.8, 4) is 11.5 Å². The van der Waals surface area contributed by atoms with E-state index in [1.807, 2.05) is 0 Å². The molecule has 2 aromatic carbocycles. The van der Waals surface area contributed by atoms with Crippen molar-refractivity contribution in [2.45, 2.75) is 13.3 Å². The zero-order valence-corrected chi connectivity index (χ0v) is 12.6. The molecule has 2 aromatic rings. The second kappa shape index (κ2) is 6.95. The third-order valence-electron chi connectivity index (χ3n) is 3.01. The van der Waals surface area contributed by atoms with Crippen LogP contribution in [0.15, 0.2) is 41.5 Å². The number of rotatable bonds is 4. The van der Waals surface area contributed by atoms with E-state index in [4.69, 9.17) is 11.6 Å². The zero-order valence-electron chi connectivity index (χ0n) is 11.9. The van der Waals surface area contributed by atoms with Gasteiger partial charge in [0.25, 0.3) is 0 Å². The Bertz CT molecular complexity index is 689. The smallest absolute Gasteiger partial charge is 0.244 e. The lowest BCUT2D eigenvalue weighted by Crippen LogP contribution is -2.19. The molecule has 22 heavy (non-hydrogen) atoms. The van der Waals surface area contributed by atoms with Gasteiger partial charge in [0.15, 0.2) is 0 Å². The largest absolute Gasteiger partial charge is 0.508 e. The standard InChI is InChI=1S/C16H15ClN2O3/c1-10-6-13(20)8-15(21)14(10)9-18-19-16(22)7-11-2-4-12(17)5-3-11/h2-6,8-9,20-21H,7H2,1H3,(H,19,22)/b18-9+. The zero-order chi connectivity index (χ0) is 16.1. The van der Waals surface area contributed by atoms with Gasteiger partial charge >= 0.3 is 0 Å². The molecular weight excluding hydrogens is 304 g/mol. The SMILES string of the molecule is Cc1cc(O)cc(O)c1/C=N/NC(=O)Cc1ccc(Cl)cc1. The van der Waals surface area contributed by atoms with Crippen LogP contribution in [0.1, 0.15) is 16.7 Å². The summed E-state index contributed by atoms with van der Waals surface area (Å²) in [5.74, 6) is -0.415. The molecule has 114 valence electrons. The van der Waals surface area contributed by atoms with Crippen LogP contribution in [0, 0.1) is 6.92 Å². The predicted molar refractivity (Wildman–Crippen MR) is 85.4 cm³/mol. The summed E-state index contributed by atoms with van der Waals surface area (Å²) in [6, 6.07) is 9.67. The maximum absolute atomic E-state index is 11.8. The van der Waals surface area contributed by atoms with Gasteiger partial charge in [-0.15, -0.1) is 0 Å². The van der Waals surface area contributed by atoms with Crippen molar-refractivity contribution in [2.24, 2.45) is 5.10 Å². The van der Waals surface area contributed by atoms with Gasteiger partial charge in [0, 0.05) is 16.7 Å². The van der Waals surface area contributed by atoms with Crippen LogP contribution in [-0.4, -0.2) is 22.3 Å². The van der Waals surface area contributed by atoms with Crippen LogP contribution >= 0.6 is 11.6 Å². The Hall–Kier alpha value is -2.53. The number of phenols is 2. The fraction of sp³-hybridized carbons (Fsp3) is 0.125. The molecule has 0 atom stereocenters. The quantitative estimate of drug-likeness (QED) is 0.599.